The van der Waals surface area contributed by atoms with Gasteiger partial charge >= 0.3 is 0 Å². The highest BCUT2D eigenvalue weighted by Crippen LogP contribution is 2.21. The van der Waals surface area contributed by atoms with Crippen molar-refractivity contribution in [3.8, 4) is 0 Å². The van der Waals surface area contributed by atoms with Crippen LogP contribution in [-0.2, 0) is 0 Å². The van der Waals surface area contributed by atoms with E-state index < -0.39 is 0 Å². The van der Waals surface area contributed by atoms with Gasteiger partial charge in [0.05, 0.1) is 6.10 Å². The fourth-order valence-corrected chi connectivity index (χ4v) is 2.07. The minimum atomic E-state index is -0.0753. The molecule has 1 N–H and O–H groups in total. The zero-order chi connectivity index (χ0) is 9.14. The summed E-state index contributed by atoms with van der Waals surface area (Å²) in [6, 6.07) is 0.627. The van der Waals surface area contributed by atoms with Crippen LogP contribution >= 0.6 is 0 Å². The fraction of sp³-hybridized carbons (Fsp3) is 1.00. The summed E-state index contributed by atoms with van der Waals surface area (Å²) in [6.07, 6.45) is 2.07. The Balaban J connectivity index is 2.40. The van der Waals surface area contributed by atoms with Crippen LogP contribution in [0.4, 0.5) is 0 Å². The molecule has 0 aliphatic carbocycles. The van der Waals surface area contributed by atoms with E-state index in [0.29, 0.717) is 12.0 Å². The molecule has 0 aromatic carbocycles. The first kappa shape index (κ1) is 10.0. The monoisotopic (exact) mass is 171 g/mol. The molecule has 1 heterocycles. The molecule has 1 saturated heterocycles. The number of aliphatic hydroxyl groups excluding tert-OH is 1. The third kappa shape index (κ3) is 2.46. The Morgan fingerprint density at radius 2 is 2.17 bits per heavy atom. The summed E-state index contributed by atoms with van der Waals surface area (Å²) in [5.74, 6) is 0.712. The minimum Gasteiger partial charge on any atom is -0.392 e. The van der Waals surface area contributed by atoms with Gasteiger partial charge in [0, 0.05) is 19.1 Å². The first-order valence-electron chi connectivity index (χ1n) is 5.05. The molecular weight excluding hydrogens is 150 g/mol. The lowest BCUT2D eigenvalue weighted by Gasteiger charge is -2.24. The van der Waals surface area contributed by atoms with Crippen molar-refractivity contribution in [3.05, 3.63) is 0 Å². The van der Waals surface area contributed by atoms with Gasteiger partial charge in [0.1, 0.15) is 0 Å². The van der Waals surface area contributed by atoms with E-state index in [2.05, 4.69) is 25.7 Å². The lowest BCUT2D eigenvalue weighted by atomic mass is 10.1. The van der Waals surface area contributed by atoms with Gasteiger partial charge in [-0.25, -0.2) is 0 Å². The van der Waals surface area contributed by atoms with Crippen molar-refractivity contribution in [1.82, 2.24) is 4.90 Å². The van der Waals surface area contributed by atoms with Crippen molar-refractivity contribution in [1.29, 1.82) is 0 Å². The van der Waals surface area contributed by atoms with Crippen molar-refractivity contribution < 1.29 is 5.11 Å². The first-order chi connectivity index (χ1) is 5.63. The quantitative estimate of drug-likeness (QED) is 0.695. The number of hydrogen-bond donors (Lipinski definition) is 1. The van der Waals surface area contributed by atoms with E-state index in [1.54, 1.807) is 0 Å². The van der Waals surface area contributed by atoms with Crippen LogP contribution in [0.25, 0.3) is 0 Å². The molecule has 1 aliphatic rings. The van der Waals surface area contributed by atoms with E-state index >= 15 is 0 Å². The van der Waals surface area contributed by atoms with E-state index in [-0.39, 0.29) is 6.10 Å². The second-order valence-corrected chi connectivity index (χ2v) is 4.30. The zero-order valence-electron chi connectivity index (χ0n) is 8.45. The molecule has 1 rings (SSSR count). The Labute approximate surface area is 75.6 Å². The molecule has 2 nitrogen and oxygen atoms in total. The number of nitrogens with zero attached hydrogens (tertiary/aromatic N) is 1. The minimum absolute atomic E-state index is 0.0753. The summed E-state index contributed by atoms with van der Waals surface area (Å²) < 4.78 is 0. The second-order valence-electron chi connectivity index (χ2n) is 4.30. The summed E-state index contributed by atoms with van der Waals surface area (Å²) in [6.45, 7) is 8.69. The van der Waals surface area contributed by atoms with E-state index in [1.807, 2.05) is 0 Å². The van der Waals surface area contributed by atoms with Crippen LogP contribution in [0.15, 0.2) is 0 Å². The maximum atomic E-state index is 9.47. The summed E-state index contributed by atoms with van der Waals surface area (Å²) in [5.41, 5.74) is 0. The molecule has 72 valence electrons. The predicted octanol–water partition coefficient (Wildman–Crippen LogP) is 1.49. The summed E-state index contributed by atoms with van der Waals surface area (Å²) >= 11 is 0. The molecule has 0 amide bonds. The van der Waals surface area contributed by atoms with Crippen LogP contribution in [0.1, 0.15) is 33.6 Å². The lowest BCUT2D eigenvalue weighted by molar-refractivity contribution is 0.168. The van der Waals surface area contributed by atoms with Crippen LogP contribution < -0.4 is 0 Å². The van der Waals surface area contributed by atoms with Gasteiger partial charge in [-0.3, -0.25) is 4.90 Å². The van der Waals surface area contributed by atoms with Gasteiger partial charge in [-0.05, 0) is 18.8 Å². The second kappa shape index (κ2) is 4.24. The predicted molar refractivity (Wildman–Crippen MR) is 51.1 cm³/mol. The van der Waals surface area contributed by atoms with Crippen LogP contribution in [-0.4, -0.2) is 35.2 Å². The third-order valence-electron chi connectivity index (χ3n) is 2.58. The highest BCUT2D eigenvalue weighted by atomic mass is 16.3. The Bertz CT molecular complexity index is 136. The standard InChI is InChI=1S/C10H21NO/c1-4-9-5-10(12)7-11(9)6-8(2)3/h8-10,12H,4-7H2,1-3H3/t9-,10+/m1/s1. The summed E-state index contributed by atoms with van der Waals surface area (Å²) in [7, 11) is 0. The molecule has 0 saturated carbocycles. The van der Waals surface area contributed by atoms with Gasteiger partial charge in [-0.1, -0.05) is 20.8 Å². The maximum absolute atomic E-state index is 9.47. The topological polar surface area (TPSA) is 23.5 Å². The molecule has 1 aliphatic heterocycles. The highest BCUT2D eigenvalue weighted by Gasteiger charge is 2.29. The van der Waals surface area contributed by atoms with Crippen LogP contribution in [0.5, 0.6) is 0 Å². The average Bonchev–Trinajstić information content (AvgIpc) is 2.29. The Kier molecular flexibility index (Phi) is 3.53. The van der Waals surface area contributed by atoms with Gasteiger partial charge in [0.15, 0.2) is 0 Å². The van der Waals surface area contributed by atoms with E-state index in [4.69, 9.17) is 0 Å². The number of β-amino-alcohol motifs (C(OH)–C–C–N with tert-alkyl or cyclic N) is 1. The average molecular weight is 171 g/mol. The SMILES string of the molecule is CC[C@@H]1C[C@H](O)CN1CC(C)C. The van der Waals surface area contributed by atoms with Gasteiger partial charge < -0.3 is 5.11 Å². The molecule has 0 aromatic rings. The Morgan fingerprint density at radius 1 is 1.50 bits per heavy atom. The maximum Gasteiger partial charge on any atom is 0.0682 e. The van der Waals surface area contributed by atoms with Gasteiger partial charge in [-0.2, -0.15) is 0 Å². The largest absolute Gasteiger partial charge is 0.392 e. The van der Waals surface area contributed by atoms with Gasteiger partial charge in [-0.15, -0.1) is 0 Å². The van der Waals surface area contributed by atoms with Crippen molar-refractivity contribution >= 4 is 0 Å². The molecule has 0 aromatic heterocycles. The fourth-order valence-electron chi connectivity index (χ4n) is 2.07. The summed E-state index contributed by atoms with van der Waals surface area (Å²) in [5, 5.41) is 9.47. The zero-order valence-corrected chi connectivity index (χ0v) is 8.45. The van der Waals surface area contributed by atoms with E-state index in [9.17, 15) is 5.11 Å². The molecule has 0 unspecified atom stereocenters. The smallest absolute Gasteiger partial charge is 0.0682 e. The first-order valence-corrected chi connectivity index (χ1v) is 5.05. The van der Waals surface area contributed by atoms with Crippen molar-refractivity contribution in [2.45, 2.75) is 45.8 Å². The molecular formula is C10H21NO. The number of aliphatic hydroxyl groups is 1. The lowest BCUT2D eigenvalue weighted by Crippen LogP contribution is -2.32. The number of rotatable bonds is 3. The molecule has 12 heavy (non-hydrogen) atoms. The van der Waals surface area contributed by atoms with Crippen molar-refractivity contribution in [2.75, 3.05) is 13.1 Å². The number of likely N-dealkylation sites (tertiary alicyclic amines) is 1. The Hall–Kier alpha value is -0.0800. The third-order valence-corrected chi connectivity index (χ3v) is 2.58. The molecule has 2 heteroatoms. The van der Waals surface area contributed by atoms with Gasteiger partial charge in [0.2, 0.25) is 0 Å². The van der Waals surface area contributed by atoms with Crippen LogP contribution in [0.2, 0.25) is 0 Å². The number of hydrogen-bond acceptors (Lipinski definition) is 2. The highest BCUT2D eigenvalue weighted by molar-refractivity contribution is 4.84. The molecule has 2 atom stereocenters. The Morgan fingerprint density at radius 3 is 2.67 bits per heavy atom. The van der Waals surface area contributed by atoms with Crippen LogP contribution in [0, 0.1) is 5.92 Å². The molecule has 0 radical (unpaired) electrons. The van der Waals surface area contributed by atoms with Crippen molar-refractivity contribution in [2.24, 2.45) is 5.92 Å². The normalized spacial score (nSPS) is 31.8. The van der Waals surface area contributed by atoms with Crippen molar-refractivity contribution in [3.63, 3.8) is 0 Å². The molecule has 0 spiro atoms. The molecule has 1 fully saturated rings. The van der Waals surface area contributed by atoms with E-state index in [0.717, 1.165) is 19.5 Å². The van der Waals surface area contributed by atoms with Gasteiger partial charge in [0.25, 0.3) is 0 Å². The van der Waals surface area contributed by atoms with E-state index in [1.165, 1.54) is 6.42 Å². The summed E-state index contributed by atoms with van der Waals surface area (Å²) in [4.78, 5) is 2.43. The van der Waals surface area contributed by atoms with Crippen LogP contribution in [0.3, 0.4) is 0 Å². The molecule has 0 bridgehead atoms.